The molecule has 0 aliphatic carbocycles. The first-order valence-electron chi connectivity index (χ1n) is 4.42. The van der Waals surface area contributed by atoms with Gasteiger partial charge in [-0.15, -0.1) is 6.58 Å². The van der Waals surface area contributed by atoms with E-state index in [-0.39, 0.29) is 0 Å². The van der Waals surface area contributed by atoms with E-state index in [0.29, 0.717) is 0 Å². The normalized spacial score (nSPS) is 6.54. The van der Waals surface area contributed by atoms with Crippen molar-refractivity contribution in [1.29, 1.82) is 0 Å². The molecule has 0 rings (SSSR count). The maximum atomic E-state index is 3.65. The maximum Gasteiger partial charge on any atom is 0.00990 e. The van der Waals surface area contributed by atoms with Gasteiger partial charge in [0.25, 0.3) is 0 Å². The molecule has 0 unspecified atom stereocenters. The summed E-state index contributed by atoms with van der Waals surface area (Å²) < 4.78 is 0. The Morgan fingerprint density at radius 3 is 2.54 bits per heavy atom. The van der Waals surface area contributed by atoms with Gasteiger partial charge in [0.15, 0.2) is 0 Å². The van der Waals surface area contributed by atoms with Gasteiger partial charge in [-0.3, -0.25) is 0 Å². The summed E-state index contributed by atoms with van der Waals surface area (Å²) in [4.78, 5) is 0. The summed E-state index contributed by atoms with van der Waals surface area (Å²) in [5, 5.41) is 0. The predicted molar refractivity (Wildman–Crippen MR) is 57.7 cm³/mol. The van der Waals surface area contributed by atoms with Crippen molar-refractivity contribution in [3.8, 4) is 35.5 Å². The number of unbranched alkanes of at least 4 members (excludes halogenated alkanes) is 3. The molecule has 13 heavy (non-hydrogen) atoms. The monoisotopic (exact) mass is 170 g/mol. The molecule has 0 aliphatic heterocycles. The first-order valence-corrected chi connectivity index (χ1v) is 4.42. The van der Waals surface area contributed by atoms with Gasteiger partial charge in [-0.2, -0.15) is 0 Å². The Bertz CT molecular complexity index is 301. The molecule has 0 bridgehead atoms. The smallest absolute Gasteiger partial charge is 0.00990 e. The topological polar surface area (TPSA) is 0 Å². The van der Waals surface area contributed by atoms with E-state index in [2.05, 4.69) is 42.1 Å². The van der Waals surface area contributed by atoms with E-state index in [1.807, 2.05) is 6.08 Å². The second-order valence-corrected chi connectivity index (χ2v) is 2.46. The Morgan fingerprint density at radius 1 is 1.08 bits per heavy atom. The fraction of sp³-hybridized carbons (Fsp3) is 0.385. The second-order valence-electron chi connectivity index (χ2n) is 2.46. The molecular formula is C13H14. The quantitative estimate of drug-likeness (QED) is 0.346. The van der Waals surface area contributed by atoms with Gasteiger partial charge in [-0.1, -0.05) is 17.9 Å². The Kier molecular flexibility index (Phi) is 9.15. The molecule has 0 radical (unpaired) electrons. The van der Waals surface area contributed by atoms with Crippen LogP contribution in [0.25, 0.3) is 0 Å². The highest BCUT2D eigenvalue weighted by molar-refractivity contribution is 5.35. The average Bonchev–Trinajstić information content (AvgIpc) is 2.16. The molecule has 0 aromatic heterocycles. The Labute approximate surface area is 81.4 Å². The minimum absolute atomic E-state index is 0.919. The summed E-state index contributed by atoms with van der Waals surface area (Å²) >= 11 is 0. The fourth-order valence-corrected chi connectivity index (χ4v) is 0.734. The lowest BCUT2D eigenvalue weighted by molar-refractivity contribution is 0.773. The zero-order valence-corrected chi connectivity index (χ0v) is 8.11. The predicted octanol–water partition coefficient (Wildman–Crippen LogP) is 2.76. The van der Waals surface area contributed by atoms with E-state index in [1.54, 1.807) is 6.92 Å². The molecule has 0 aromatic carbocycles. The molecular weight excluding hydrogens is 156 g/mol. The van der Waals surface area contributed by atoms with Crippen LogP contribution in [-0.4, -0.2) is 0 Å². The third kappa shape index (κ3) is 10.4. The van der Waals surface area contributed by atoms with Crippen LogP contribution in [0.2, 0.25) is 0 Å². The highest BCUT2D eigenvalue weighted by Crippen LogP contribution is 1.97. The van der Waals surface area contributed by atoms with Crippen LogP contribution in [-0.2, 0) is 0 Å². The van der Waals surface area contributed by atoms with Gasteiger partial charge in [0.1, 0.15) is 0 Å². The van der Waals surface area contributed by atoms with Crippen LogP contribution < -0.4 is 0 Å². The lowest BCUT2D eigenvalue weighted by atomic mass is 10.2. The van der Waals surface area contributed by atoms with Crippen molar-refractivity contribution in [3.63, 3.8) is 0 Å². The SMILES string of the molecule is C=CCCCCC#CC#CC#CC. The molecule has 0 heterocycles. The minimum Gasteiger partial charge on any atom is -0.103 e. The summed E-state index contributed by atoms with van der Waals surface area (Å²) in [6.07, 6.45) is 6.22. The van der Waals surface area contributed by atoms with Crippen molar-refractivity contribution < 1.29 is 0 Å². The Morgan fingerprint density at radius 2 is 1.85 bits per heavy atom. The lowest BCUT2D eigenvalue weighted by Crippen LogP contribution is -1.71. The second kappa shape index (κ2) is 10.4. The van der Waals surface area contributed by atoms with Crippen molar-refractivity contribution >= 4 is 0 Å². The molecule has 0 saturated heterocycles. The van der Waals surface area contributed by atoms with Gasteiger partial charge in [0, 0.05) is 6.42 Å². The largest absolute Gasteiger partial charge is 0.103 e. The minimum atomic E-state index is 0.919. The molecule has 0 atom stereocenters. The Hall–Kier alpha value is -1.58. The van der Waals surface area contributed by atoms with Crippen LogP contribution in [0.3, 0.4) is 0 Å². The van der Waals surface area contributed by atoms with Crippen LogP contribution >= 0.6 is 0 Å². The van der Waals surface area contributed by atoms with E-state index in [1.165, 1.54) is 6.42 Å². The van der Waals surface area contributed by atoms with E-state index in [0.717, 1.165) is 19.3 Å². The molecule has 0 N–H and O–H groups in total. The standard InChI is InChI=1S/C13H14/c1-3-5-7-9-11-13-12-10-8-6-4-2/h3H,1,5,7,9,11H2,2H3. The van der Waals surface area contributed by atoms with Gasteiger partial charge < -0.3 is 0 Å². The molecule has 0 spiro atoms. The molecule has 0 fully saturated rings. The zero-order valence-electron chi connectivity index (χ0n) is 8.11. The van der Waals surface area contributed by atoms with Crippen molar-refractivity contribution in [2.24, 2.45) is 0 Å². The summed E-state index contributed by atoms with van der Waals surface area (Å²) in [5.74, 6) is 16.4. The highest BCUT2D eigenvalue weighted by atomic mass is 13.9. The van der Waals surface area contributed by atoms with Gasteiger partial charge in [-0.05, 0) is 49.9 Å². The van der Waals surface area contributed by atoms with E-state index >= 15 is 0 Å². The van der Waals surface area contributed by atoms with Crippen LogP contribution in [0.15, 0.2) is 12.7 Å². The van der Waals surface area contributed by atoms with Gasteiger partial charge in [0.2, 0.25) is 0 Å². The maximum absolute atomic E-state index is 3.65. The molecule has 0 saturated carbocycles. The third-order valence-corrected chi connectivity index (χ3v) is 1.36. The molecule has 0 aromatic rings. The highest BCUT2D eigenvalue weighted by Gasteiger charge is 1.80. The molecule has 0 amide bonds. The van der Waals surface area contributed by atoms with Crippen LogP contribution in [0, 0.1) is 35.5 Å². The number of rotatable bonds is 4. The summed E-state index contributed by atoms with van der Waals surface area (Å²) in [6.45, 7) is 5.42. The first-order chi connectivity index (χ1) is 6.41. The lowest BCUT2D eigenvalue weighted by Gasteiger charge is -1.88. The van der Waals surface area contributed by atoms with Crippen LogP contribution in [0.4, 0.5) is 0 Å². The molecule has 66 valence electrons. The summed E-state index contributed by atoms with van der Waals surface area (Å²) in [6, 6.07) is 0. The third-order valence-electron chi connectivity index (χ3n) is 1.36. The zero-order chi connectivity index (χ0) is 9.78. The van der Waals surface area contributed by atoms with Gasteiger partial charge in [-0.25, -0.2) is 0 Å². The first kappa shape index (κ1) is 11.4. The fourth-order valence-electron chi connectivity index (χ4n) is 0.734. The van der Waals surface area contributed by atoms with Gasteiger partial charge in [0.05, 0.1) is 0 Å². The van der Waals surface area contributed by atoms with Crippen molar-refractivity contribution in [2.75, 3.05) is 0 Å². The van der Waals surface area contributed by atoms with E-state index in [9.17, 15) is 0 Å². The Balaban J connectivity index is 3.45. The molecule has 0 aliphatic rings. The van der Waals surface area contributed by atoms with Crippen LogP contribution in [0.5, 0.6) is 0 Å². The van der Waals surface area contributed by atoms with E-state index < -0.39 is 0 Å². The van der Waals surface area contributed by atoms with Crippen molar-refractivity contribution in [3.05, 3.63) is 12.7 Å². The number of allylic oxidation sites excluding steroid dienone is 1. The summed E-state index contributed by atoms with van der Waals surface area (Å²) in [7, 11) is 0. The number of hydrogen-bond acceptors (Lipinski definition) is 0. The number of hydrogen-bond donors (Lipinski definition) is 0. The molecule has 0 nitrogen and oxygen atoms in total. The molecule has 0 heteroatoms. The van der Waals surface area contributed by atoms with Crippen molar-refractivity contribution in [2.45, 2.75) is 32.6 Å². The van der Waals surface area contributed by atoms with Gasteiger partial charge >= 0.3 is 0 Å². The van der Waals surface area contributed by atoms with Crippen LogP contribution in [0.1, 0.15) is 32.6 Å². The van der Waals surface area contributed by atoms with E-state index in [4.69, 9.17) is 0 Å². The average molecular weight is 170 g/mol. The van der Waals surface area contributed by atoms with Crippen molar-refractivity contribution in [1.82, 2.24) is 0 Å². The summed E-state index contributed by atoms with van der Waals surface area (Å²) in [5.41, 5.74) is 0.